The van der Waals surface area contributed by atoms with Crippen molar-refractivity contribution in [1.29, 1.82) is 0 Å². The first-order chi connectivity index (χ1) is 9.15. The standard InChI is InChI=1S/C13H25N3O3/c1-3-19-12(17)5-4-6-15-13(18)11(2)16-9-7-14-8-10-16/h11,14H,3-10H2,1-2H3,(H,15,18). The van der Waals surface area contributed by atoms with Gasteiger partial charge in [-0.05, 0) is 20.3 Å². The molecule has 1 fully saturated rings. The van der Waals surface area contributed by atoms with Crippen LogP contribution in [-0.4, -0.2) is 62.1 Å². The highest BCUT2D eigenvalue weighted by Crippen LogP contribution is 2.01. The number of rotatable bonds is 7. The summed E-state index contributed by atoms with van der Waals surface area (Å²) < 4.78 is 4.82. The number of piperazine rings is 1. The third-order valence-corrected chi connectivity index (χ3v) is 3.24. The topological polar surface area (TPSA) is 70.7 Å². The lowest BCUT2D eigenvalue weighted by molar-refractivity contribution is -0.143. The number of nitrogens with one attached hydrogen (secondary N) is 2. The Bertz CT molecular complexity index is 291. The van der Waals surface area contributed by atoms with Crippen LogP contribution in [0.25, 0.3) is 0 Å². The Hall–Kier alpha value is -1.14. The molecule has 6 heteroatoms. The molecule has 6 nitrogen and oxygen atoms in total. The average molecular weight is 271 g/mol. The molecule has 1 aliphatic rings. The van der Waals surface area contributed by atoms with Gasteiger partial charge in [-0.1, -0.05) is 0 Å². The summed E-state index contributed by atoms with van der Waals surface area (Å²) in [6, 6.07) is -0.107. The molecule has 1 rings (SSSR count). The summed E-state index contributed by atoms with van der Waals surface area (Å²) in [5.41, 5.74) is 0. The van der Waals surface area contributed by atoms with Crippen LogP contribution in [0.3, 0.4) is 0 Å². The van der Waals surface area contributed by atoms with Gasteiger partial charge in [-0.2, -0.15) is 0 Å². The van der Waals surface area contributed by atoms with Crippen LogP contribution < -0.4 is 10.6 Å². The van der Waals surface area contributed by atoms with Crippen LogP contribution in [0, 0.1) is 0 Å². The Kier molecular flexibility index (Phi) is 7.43. The molecule has 0 aromatic carbocycles. The maximum Gasteiger partial charge on any atom is 0.305 e. The van der Waals surface area contributed by atoms with Gasteiger partial charge in [-0.15, -0.1) is 0 Å². The summed E-state index contributed by atoms with van der Waals surface area (Å²) in [6.07, 6.45) is 0.981. The SMILES string of the molecule is CCOC(=O)CCCNC(=O)C(C)N1CCNCC1. The Morgan fingerprint density at radius 3 is 2.68 bits per heavy atom. The van der Waals surface area contributed by atoms with Crippen LogP contribution in [0.4, 0.5) is 0 Å². The van der Waals surface area contributed by atoms with E-state index in [0.717, 1.165) is 26.2 Å². The van der Waals surface area contributed by atoms with E-state index in [4.69, 9.17) is 4.74 Å². The first kappa shape index (κ1) is 15.9. The number of hydrogen-bond acceptors (Lipinski definition) is 5. The minimum Gasteiger partial charge on any atom is -0.466 e. The van der Waals surface area contributed by atoms with Crippen LogP contribution in [0.15, 0.2) is 0 Å². The first-order valence-corrected chi connectivity index (χ1v) is 7.03. The fraction of sp³-hybridized carbons (Fsp3) is 0.846. The summed E-state index contributed by atoms with van der Waals surface area (Å²) in [5.74, 6) is -0.169. The van der Waals surface area contributed by atoms with Crippen LogP contribution in [0.1, 0.15) is 26.7 Å². The van der Waals surface area contributed by atoms with Crippen LogP contribution in [0.2, 0.25) is 0 Å². The molecular formula is C13H25N3O3. The van der Waals surface area contributed by atoms with Crippen molar-refractivity contribution < 1.29 is 14.3 Å². The van der Waals surface area contributed by atoms with Gasteiger partial charge >= 0.3 is 5.97 Å². The van der Waals surface area contributed by atoms with Gasteiger partial charge in [0.25, 0.3) is 0 Å². The van der Waals surface area contributed by atoms with Gasteiger partial charge in [-0.3, -0.25) is 14.5 Å². The van der Waals surface area contributed by atoms with Crippen molar-refractivity contribution in [3.63, 3.8) is 0 Å². The molecule has 0 aromatic rings. The van der Waals surface area contributed by atoms with Crippen molar-refractivity contribution in [3.8, 4) is 0 Å². The molecule has 1 aliphatic heterocycles. The number of hydrogen-bond donors (Lipinski definition) is 2. The zero-order valence-electron chi connectivity index (χ0n) is 11.9. The second-order valence-electron chi connectivity index (χ2n) is 4.66. The number of carbonyl (C=O) groups excluding carboxylic acids is 2. The van der Waals surface area contributed by atoms with E-state index in [1.54, 1.807) is 6.92 Å². The molecule has 0 bridgehead atoms. The molecule has 1 heterocycles. The maximum atomic E-state index is 11.9. The zero-order chi connectivity index (χ0) is 14.1. The summed E-state index contributed by atoms with van der Waals surface area (Å²) in [6.45, 7) is 8.30. The Morgan fingerprint density at radius 2 is 2.05 bits per heavy atom. The number of esters is 1. The molecule has 0 radical (unpaired) electrons. The quantitative estimate of drug-likeness (QED) is 0.493. The Morgan fingerprint density at radius 1 is 1.37 bits per heavy atom. The summed E-state index contributed by atoms with van der Waals surface area (Å²) in [5, 5.41) is 6.13. The lowest BCUT2D eigenvalue weighted by atomic mass is 10.2. The highest BCUT2D eigenvalue weighted by molar-refractivity contribution is 5.81. The number of carbonyl (C=O) groups is 2. The normalized spacial score (nSPS) is 17.8. The number of amides is 1. The Balaban J connectivity index is 2.14. The highest BCUT2D eigenvalue weighted by Gasteiger charge is 2.22. The van der Waals surface area contributed by atoms with Gasteiger partial charge < -0.3 is 15.4 Å². The minimum absolute atomic E-state index is 0.0331. The zero-order valence-corrected chi connectivity index (χ0v) is 11.9. The molecule has 1 amide bonds. The second-order valence-corrected chi connectivity index (χ2v) is 4.66. The third kappa shape index (κ3) is 6.02. The third-order valence-electron chi connectivity index (χ3n) is 3.24. The second kappa shape index (κ2) is 8.87. The fourth-order valence-corrected chi connectivity index (χ4v) is 2.06. The largest absolute Gasteiger partial charge is 0.466 e. The van der Waals surface area contributed by atoms with Crippen molar-refractivity contribution in [2.24, 2.45) is 0 Å². The first-order valence-electron chi connectivity index (χ1n) is 7.03. The molecule has 1 saturated heterocycles. The van der Waals surface area contributed by atoms with E-state index in [1.807, 2.05) is 6.92 Å². The molecule has 0 saturated carbocycles. The van der Waals surface area contributed by atoms with E-state index in [9.17, 15) is 9.59 Å². The lowest BCUT2D eigenvalue weighted by Gasteiger charge is -2.31. The molecule has 0 aromatic heterocycles. The van der Waals surface area contributed by atoms with E-state index in [-0.39, 0.29) is 17.9 Å². The molecule has 2 N–H and O–H groups in total. The van der Waals surface area contributed by atoms with Crippen molar-refractivity contribution in [3.05, 3.63) is 0 Å². The molecule has 1 unspecified atom stereocenters. The van der Waals surface area contributed by atoms with Gasteiger partial charge in [0.15, 0.2) is 0 Å². The smallest absolute Gasteiger partial charge is 0.305 e. The lowest BCUT2D eigenvalue weighted by Crippen LogP contribution is -2.52. The van der Waals surface area contributed by atoms with Gasteiger partial charge in [-0.25, -0.2) is 0 Å². The predicted octanol–water partition coefficient (Wildman–Crippen LogP) is -0.260. The highest BCUT2D eigenvalue weighted by atomic mass is 16.5. The number of ether oxygens (including phenoxy) is 1. The van der Waals surface area contributed by atoms with Gasteiger partial charge in [0.05, 0.1) is 12.6 Å². The summed E-state index contributed by atoms with van der Waals surface area (Å²) in [4.78, 5) is 25.2. The molecular weight excluding hydrogens is 246 g/mol. The van der Waals surface area contributed by atoms with Crippen molar-refractivity contribution >= 4 is 11.9 Å². The van der Waals surface area contributed by atoms with Gasteiger partial charge in [0.2, 0.25) is 5.91 Å². The maximum absolute atomic E-state index is 11.9. The summed E-state index contributed by atoms with van der Waals surface area (Å²) >= 11 is 0. The molecule has 110 valence electrons. The molecule has 1 atom stereocenters. The molecule has 0 spiro atoms. The van der Waals surface area contributed by atoms with Crippen LogP contribution in [0.5, 0.6) is 0 Å². The predicted molar refractivity (Wildman–Crippen MR) is 72.8 cm³/mol. The van der Waals surface area contributed by atoms with Crippen LogP contribution in [-0.2, 0) is 14.3 Å². The van der Waals surface area contributed by atoms with Crippen LogP contribution >= 0.6 is 0 Å². The van der Waals surface area contributed by atoms with E-state index in [0.29, 0.717) is 26.0 Å². The van der Waals surface area contributed by atoms with E-state index < -0.39 is 0 Å². The Labute approximate surface area is 114 Å². The number of nitrogens with zero attached hydrogens (tertiary/aromatic N) is 1. The minimum atomic E-state index is -0.202. The van der Waals surface area contributed by atoms with E-state index >= 15 is 0 Å². The van der Waals surface area contributed by atoms with Gasteiger partial charge in [0.1, 0.15) is 0 Å². The molecule has 19 heavy (non-hydrogen) atoms. The van der Waals surface area contributed by atoms with Crippen molar-refractivity contribution in [2.45, 2.75) is 32.7 Å². The van der Waals surface area contributed by atoms with Crippen molar-refractivity contribution in [1.82, 2.24) is 15.5 Å². The van der Waals surface area contributed by atoms with Gasteiger partial charge in [0, 0.05) is 39.1 Å². The summed E-state index contributed by atoms with van der Waals surface area (Å²) in [7, 11) is 0. The van der Waals surface area contributed by atoms with Crippen molar-refractivity contribution in [2.75, 3.05) is 39.3 Å². The monoisotopic (exact) mass is 271 g/mol. The molecule has 0 aliphatic carbocycles. The average Bonchev–Trinajstić information content (AvgIpc) is 2.44. The fourth-order valence-electron chi connectivity index (χ4n) is 2.06. The van der Waals surface area contributed by atoms with E-state index in [1.165, 1.54) is 0 Å². The van der Waals surface area contributed by atoms with E-state index in [2.05, 4.69) is 15.5 Å².